The van der Waals surface area contributed by atoms with E-state index in [0.29, 0.717) is 12.1 Å². The lowest BCUT2D eigenvalue weighted by atomic mass is 10.1. The third-order valence-electron chi connectivity index (χ3n) is 3.93. The van der Waals surface area contributed by atoms with Crippen LogP contribution in [0, 0.1) is 0 Å². The topological polar surface area (TPSA) is 69.0 Å². The molecule has 0 spiro atoms. The quantitative estimate of drug-likeness (QED) is 0.756. The van der Waals surface area contributed by atoms with E-state index >= 15 is 0 Å². The van der Waals surface area contributed by atoms with Crippen molar-refractivity contribution in [1.82, 2.24) is 20.3 Å². The lowest BCUT2D eigenvalue weighted by Crippen LogP contribution is -2.25. The van der Waals surface area contributed by atoms with E-state index in [1.165, 1.54) is 0 Å². The number of aromatic nitrogens is 3. The first-order valence-electron chi connectivity index (χ1n) is 7.95. The maximum absolute atomic E-state index is 12.3. The van der Waals surface area contributed by atoms with Crippen molar-refractivity contribution >= 4 is 16.9 Å². The molecule has 2 aromatic carbocycles. The van der Waals surface area contributed by atoms with Crippen LogP contribution in [0.4, 0.5) is 0 Å². The van der Waals surface area contributed by atoms with Crippen molar-refractivity contribution in [2.45, 2.75) is 19.9 Å². The van der Waals surface area contributed by atoms with E-state index in [1.54, 1.807) is 23.9 Å². The molecule has 0 aliphatic rings. The van der Waals surface area contributed by atoms with E-state index in [4.69, 9.17) is 4.74 Å². The predicted octanol–water partition coefficient (Wildman–Crippen LogP) is 2.43. The summed E-state index contributed by atoms with van der Waals surface area (Å²) in [6, 6.07) is 13.3. The van der Waals surface area contributed by atoms with Gasteiger partial charge in [0.05, 0.1) is 12.6 Å². The molecule has 0 saturated carbocycles. The van der Waals surface area contributed by atoms with Crippen molar-refractivity contribution in [2.75, 3.05) is 13.7 Å². The van der Waals surface area contributed by atoms with Gasteiger partial charge in [-0.25, -0.2) is 4.68 Å². The molecule has 1 amide bonds. The molecular formula is C18H20N4O2. The molecule has 0 atom stereocenters. The van der Waals surface area contributed by atoms with Crippen molar-refractivity contribution in [3.8, 4) is 5.75 Å². The largest absolute Gasteiger partial charge is 0.497 e. The zero-order valence-electron chi connectivity index (χ0n) is 13.8. The van der Waals surface area contributed by atoms with E-state index in [0.717, 1.165) is 35.3 Å². The molecule has 6 heteroatoms. The molecule has 3 rings (SSSR count). The van der Waals surface area contributed by atoms with E-state index in [-0.39, 0.29) is 5.91 Å². The van der Waals surface area contributed by atoms with Crippen molar-refractivity contribution in [3.63, 3.8) is 0 Å². The molecule has 0 saturated heterocycles. The third kappa shape index (κ3) is 3.37. The number of ether oxygens (including phenoxy) is 1. The second kappa shape index (κ2) is 7.12. The SMILES string of the molecule is CCn1nnc2cc(C(=O)NCCc3ccc(OC)cc3)ccc21. The lowest BCUT2D eigenvalue weighted by molar-refractivity contribution is 0.0954. The van der Waals surface area contributed by atoms with Gasteiger partial charge in [0.2, 0.25) is 0 Å². The molecule has 0 bridgehead atoms. The van der Waals surface area contributed by atoms with Crippen molar-refractivity contribution in [1.29, 1.82) is 0 Å². The number of amides is 1. The maximum atomic E-state index is 12.3. The molecule has 124 valence electrons. The van der Waals surface area contributed by atoms with Gasteiger partial charge in [-0.3, -0.25) is 4.79 Å². The second-order valence-corrected chi connectivity index (χ2v) is 5.46. The van der Waals surface area contributed by atoms with Gasteiger partial charge in [-0.05, 0) is 49.2 Å². The van der Waals surface area contributed by atoms with E-state index in [2.05, 4.69) is 15.6 Å². The molecule has 0 radical (unpaired) electrons. The van der Waals surface area contributed by atoms with Crippen LogP contribution in [0.15, 0.2) is 42.5 Å². The molecule has 24 heavy (non-hydrogen) atoms. The van der Waals surface area contributed by atoms with Crippen LogP contribution >= 0.6 is 0 Å². The lowest BCUT2D eigenvalue weighted by Gasteiger charge is -2.06. The number of carbonyl (C=O) groups excluding carboxylic acids is 1. The number of fused-ring (bicyclic) bond motifs is 1. The van der Waals surface area contributed by atoms with Gasteiger partial charge >= 0.3 is 0 Å². The van der Waals surface area contributed by atoms with Crippen LogP contribution in [0.5, 0.6) is 5.75 Å². The monoisotopic (exact) mass is 324 g/mol. The van der Waals surface area contributed by atoms with E-state index < -0.39 is 0 Å². The van der Waals surface area contributed by atoms with Crippen LogP contribution in [0.3, 0.4) is 0 Å². The molecule has 0 fully saturated rings. The molecule has 3 aromatic rings. The minimum Gasteiger partial charge on any atom is -0.497 e. The fourth-order valence-electron chi connectivity index (χ4n) is 2.56. The number of aryl methyl sites for hydroxylation is 1. The van der Waals surface area contributed by atoms with Crippen LogP contribution < -0.4 is 10.1 Å². The summed E-state index contributed by atoms with van der Waals surface area (Å²) in [6.45, 7) is 3.34. The zero-order valence-corrected chi connectivity index (χ0v) is 13.8. The second-order valence-electron chi connectivity index (χ2n) is 5.46. The van der Waals surface area contributed by atoms with Crippen molar-refractivity contribution in [3.05, 3.63) is 53.6 Å². The molecule has 1 heterocycles. The highest BCUT2D eigenvalue weighted by atomic mass is 16.5. The number of hydrogen-bond donors (Lipinski definition) is 1. The van der Waals surface area contributed by atoms with Gasteiger partial charge in [0, 0.05) is 18.7 Å². The number of benzene rings is 2. The molecular weight excluding hydrogens is 304 g/mol. The third-order valence-corrected chi connectivity index (χ3v) is 3.93. The van der Waals surface area contributed by atoms with Gasteiger partial charge in [0.25, 0.3) is 5.91 Å². The standard InChI is InChI=1S/C18H20N4O2/c1-3-22-17-9-6-14(12-16(17)20-21-22)18(23)19-11-10-13-4-7-15(24-2)8-5-13/h4-9,12H,3,10-11H2,1-2H3,(H,19,23). The Hall–Kier alpha value is -2.89. The number of carbonyl (C=O) groups is 1. The highest BCUT2D eigenvalue weighted by Gasteiger charge is 2.09. The number of methoxy groups -OCH3 is 1. The number of nitrogens with one attached hydrogen (secondary N) is 1. The molecule has 1 aromatic heterocycles. The Labute approximate surface area is 140 Å². The Morgan fingerprint density at radius 1 is 1.21 bits per heavy atom. The van der Waals surface area contributed by atoms with Gasteiger partial charge in [0.15, 0.2) is 0 Å². The van der Waals surface area contributed by atoms with E-state index in [1.807, 2.05) is 37.3 Å². The normalized spacial score (nSPS) is 10.8. The first-order chi connectivity index (χ1) is 11.7. The summed E-state index contributed by atoms with van der Waals surface area (Å²) in [7, 11) is 1.64. The highest BCUT2D eigenvalue weighted by molar-refractivity contribution is 5.97. The fourth-order valence-corrected chi connectivity index (χ4v) is 2.56. The van der Waals surface area contributed by atoms with Crippen molar-refractivity contribution in [2.24, 2.45) is 0 Å². The fraction of sp³-hybridized carbons (Fsp3) is 0.278. The first-order valence-corrected chi connectivity index (χ1v) is 7.95. The van der Waals surface area contributed by atoms with Crippen LogP contribution in [-0.4, -0.2) is 34.6 Å². The summed E-state index contributed by atoms with van der Waals surface area (Å²) in [5.41, 5.74) is 3.42. The summed E-state index contributed by atoms with van der Waals surface area (Å²) < 4.78 is 6.94. The van der Waals surface area contributed by atoms with Gasteiger partial charge in [-0.2, -0.15) is 0 Å². The summed E-state index contributed by atoms with van der Waals surface area (Å²) in [4.78, 5) is 12.3. The summed E-state index contributed by atoms with van der Waals surface area (Å²) >= 11 is 0. The van der Waals surface area contributed by atoms with Gasteiger partial charge in [0.1, 0.15) is 11.3 Å². The summed E-state index contributed by atoms with van der Waals surface area (Å²) in [5.74, 6) is 0.729. The first kappa shape index (κ1) is 16.0. The number of nitrogens with zero attached hydrogens (tertiary/aromatic N) is 3. The zero-order chi connectivity index (χ0) is 16.9. The minimum absolute atomic E-state index is 0.100. The van der Waals surface area contributed by atoms with Crippen LogP contribution in [0.25, 0.3) is 11.0 Å². The smallest absolute Gasteiger partial charge is 0.251 e. The van der Waals surface area contributed by atoms with Gasteiger partial charge in [-0.15, -0.1) is 5.10 Å². The Morgan fingerprint density at radius 2 is 2.00 bits per heavy atom. The van der Waals surface area contributed by atoms with Crippen molar-refractivity contribution < 1.29 is 9.53 Å². The molecule has 0 unspecified atom stereocenters. The Bertz CT molecular complexity index is 840. The number of hydrogen-bond acceptors (Lipinski definition) is 4. The molecule has 0 aliphatic heterocycles. The number of rotatable bonds is 6. The molecule has 1 N–H and O–H groups in total. The van der Waals surface area contributed by atoms with Crippen LogP contribution in [0.1, 0.15) is 22.8 Å². The van der Waals surface area contributed by atoms with E-state index in [9.17, 15) is 4.79 Å². The highest BCUT2D eigenvalue weighted by Crippen LogP contribution is 2.14. The Balaban J connectivity index is 1.60. The summed E-state index contributed by atoms with van der Waals surface area (Å²) in [6.07, 6.45) is 0.768. The van der Waals surface area contributed by atoms with Crippen LogP contribution in [-0.2, 0) is 13.0 Å². The summed E-state index contributed by atoms with van der Waals surface area (Å²) in [5, 5.41) is 11.1. The molecule has 6 nitrogen and oxygen atoms in total. The Kier molecular flexibility index (Phi) is 4.74. The average molecular weight is 324 g/mol. The van der Waals surface area contributed by atoms with Gasteiger partial charge < -0.3 is 10.1 Å². The van der Waals surface area contributed by atoms with Gasteiger partial charge in [-0.1, -0.05) is 17.3 Å². The predicted molar refractivity (Wildman–Crippen MR) is 92.2 cm³/mol. The average Bonchev–Trinajstić information content (AvgIpc) is 3.04. The minimum atomic E-state index is -0.100. The molecule has 0 aliphatic carbocycles. The maximum Gasteiger partial charge on any atom is 0.251 e. The van der Waals surface area contributed by atoms with Crippen LogP contribution in [0.2, 0.25) is 0 Å². The Morgan fingerprint density at radius 3 is 2.71 bits per heavy atom.